The van der Waals surface area contributed by atoms with Crippen molar-refractivity contribution in [1.29, 1.82) is 0 Å². The smallest absolute Gasteiger partial charge is 0.394 e. The van der Waals surface area contributed by atoms with Gasteiger partial charge in [-0.1, -0.05) is 0 Å². The van der Waals surface area contributed by atoms with Crippen LogP contribution < -0.4 is 17.0 Å². The fraction of sp³-hybridized carbons (Fsp3) is 0.652. The zero-order valence-corrected chi connectivity index (χ0v) is 24.7. The van der Waals surface area contributed by atoms with Gasteiger partial charge >= 0.3 is 13.5 Å². The van der Waals surface area contributed by atoms with Crippen molar-refractivity contribution in [2.45, 2.75) is 69.9 Å². The van der Waals surface area contributed by atoms with Gasteiger partial charge < -0.3 is 44.8 Å². The normalized spacial score (nSPS) is 30.2. The van der Waals surface area contributed by atoms with Crippen molar-refractivity contribution in [3.8, 4) is 0 Å². The van der Waals surface area contributed by atoms with E-state index in [-0.39, 0.29) is 30.3 Å². The number of nitrogens with two attached hydrogens (primary N) is 1. The highest BCUT2D eigenvalue weighted by molar-refractivity contribution is 7.47. The summed E-state index contributed by atoms with van der Waals surface area (Å²) in [6.45, 7) is 3.88. The summed E-state index contributed by atoms with van der Waals surface area (Å²) < 4.78 is 49.2. The summed E-state index contributed by atoms with van der Waals surface area (Å²) in [6.07, 6.45) is -7.23. The molecular weight excluding hydrogens is 611 g/mol. The van der Waals surface area contributed by atoms with E-state index in [1.54, 1.807) is 20.8 Å². The quantitative estimate of drug-likeness (QED) is 0.135. The van der Waals surface area contributed by atoms with Crippen molar-refractivity contribution >= 4 is 24.9 Å². The predicted molar refractivity (Wildman–Crippen MR) is 146 cm³/mol. The van der Waals surface area contributed by atoms with Gasteiger partial charge in [-0.2, -0.15) is 4.98 Å². The number of hydrogen-bond acceptors (Lipinski definition) is 16. The molecule has 0 bridgehead atoms. The second-order valence-electron chi connectivity index (χ2n) is 9.86. The second kappa shape index (κ2) is 13.1. The van der Waals surface area contributed by atoms with Crippen LogP contribution in [0.25, 0.3) is 11.2 Å². The Hall–Kier alpha value is -3.17. The maximum Gasteiger partial charge on any atom is 0.472 e. The molecule has 3 aromatic rings. The maximum atomic E-state index is 13.1. The number of ether oxygens (including phenoxy) is 4. The number of imidazole rings is 1. The maximum absolute atomic E-state index is 13.1. The summed E-state index contributed by atoms with van der Waals surface area (Å²) in [5, 5.41) is 21.0. The number of aromatic nitrogens is 7. The van der Waals surface area contributed by atoms with E-state index in [9.17, 15) is 29.3 Å². The van der Waals surface area contributed by atoms with Crippen LogP contribution in [0.2, 0.25) is 0 Å². The first-order valence-corrected chi connectivity index (χ1v) is 15.1. The molecule has 20 nitrogen and oxygen atoms in total. The highest BCUT2D eigenvalue weighted by atomic mass is 31.2. The average molecular weight is 645 g/mol. The number of anilines is 1. The number of aliphatic hydroxyl groups excluding tert-OH is 2. The Labute approximate surface area is 248 Å². The molecular formula is C23H33N8O12P. The summed E-state index contributed by atoms with van der Waals surface area (Å²) >= 11 is 0. The van der Waals surface area contributed by atoms with Gasteiger partial charge in [-0.15, -0.1) is 0 Å². The van der Waals surface area contributed by atoms with Crippen molar-refractivity contribution in [1.82, 2.24) is 34.1 Å². The largest absolute Gasteiger partial charge is 0.472 e. The molecule has 0 saturated carbocycles. The van der Waals surface area contributed by atoms with E-state index in [2.05, 4.69) is 24.9 Å². The number of aliphatic hydroxyl groups is 2. The third-order valence-electron chi connectivity index (χ3n) is 7.00. The number of H-pyrrole nitrogens is 1. The van der Waals surface area contributed by atoms with E-state index in [0.29, 0.717) is 5.82 Å². The number of fused-ring (bicyclic) bond motifs is 1. The number of aromatic amines is 1. The summed E-state index contributed by atoms with van der Waals surface area (Å²) in [6, 6.07) is 0. The van der Waals surface area contributed by atoms with E-state index in [1.807, 2.05) is 0 Å². The van der Waals surface area contributed by atoms with Crippen molar-refractivity contribution in [3.05, 3.63) is 39.3 Å². The number of nitrogens with one attached hydrogen (secondary N) is 1. The van der Waals surface area contributed by atoms with Crippen molar-refractivity contribution in [2.24, 2.45) is 0 Å². The molecule has 44 heavy (non-hydrogen) atoms. The van der Waals surface area contributed by atoms with Crippen LogP contribution in [0, 0.1) is 6.92 Å². The van der Waals surface area contributed by atoms with Crippen LogP contribution in [0.3, 0.4) is 0 Å². The molecule has 21 heteroatoms. The van der Waals surface area contributed by atoms with Gasteiger partial charge in [0.15, 0.2) is 23.6 Å². The Morgan fingerprint density at radius 2 is 1.68 bits per heavy atom. The average Bonchev–Trinajstić information content (AvgIpc) is 3.62. The first kappa shape index (κ1) is 32.2. The first-order chi connectivity index (χ1) is 21.0. The van der Waals surface area contributed by atoms with Crippen LogP contribution >= 0.6 is 7.82 Å². The molecule has 2 aliphatic rings. The Balaban J connectivity index is 1.32. The molecule has 0 radical (unpaired) electrons. The number of nitrogen functional groups attached to an aromatic ring is 1. The molecule has 5 rings (SSSR count). The fourth-order valence-corrected chi connectivity index (χ4v) is 6.09. The highest BCUT2D eigenvalue weighted by Gasteiger charge is 2.51. The van der Waals surface area contributed by atoms with Gasteiger partial charge in [0, 0.05) is 13.2 Å². The zero-order valence-electron chi connectivity index (χ0n) is 23.8. The van der Waals surface area contributed by atoms with Crippen LogP contribution in [0.5, 0.6) is 0 Å². The van der Waals surface area contributed by atoms with E-state index in [0.717, 1.165) is 10.9 Å². The van der Waals surface area contributed by atoms with Gasteiger partial charge in [0.25, 0.3) is 5.56 Å². The molecule has 5 heterocycles. The van der Waals surface area contributed by atoms with Gasteiger partial charge in [-0.25, -0.2) is 24.3 Å². The Morgan fingerprint density at radius 3 is 2.36 bits per heavy atom. The van der Waals surface area contributed by atoms with Crippen molar-refractivity contribution in [2.75, 3.05) is 32.2 Å². The zero-order chi connectivity index (χ0) is 31.8. The SMILES string of the molecule is CCO[C@H]1C(OP(=O)(O)OC[C@H]2O[C@@H](n3cnc4c(=O)[nH]c(C)nc43)[C@@H](OCC)C2O)[C@@H](CO)O[C@H]1n1cnc(N)nc1=O. The minimum Gasteiger partial charge on any atom is -0.394 e. The van der Waals surface area contributed by atoms with Gasteiger partial charge in [0.1, 0.15) is 48.8 Å². The molecule has 2 aliphatic heterocycles. The van der Waals surface area contributed by atoms with Gasteiger partial charge in [0.05, 0.1) is 19.5 Å². The first-order valence-electron chi connectivity index (χ1n) is 13.6. The lowest BCUT2D eigenvalue weighted by Crippen LogP contribution is -2.40. The molecule has 3 aromatic heterocycles. The monoisotopic (exact) mass is 644 g/mol. The number of nitrogens with zero attached hydrogens (tertiary/aromatic N) is 6. The lowest BCUT2D eigenvalue weighted by molar-refractivity contribution is -0.0732. The van der Waals surface area contributed by atoms with Gasteiger partial charge in [-0.3, -0.25) is 23.0 Å². The lowest BCUT2D eigenvalue weighted by Gasteiger charge is -2.26. The number of aryl methyl sites for hydroxylation is 1. The molecule has 9 atom stereocenters. The Morgan fingerprint density at radius 1 is 1.02 bits per heavy atom. The van der Waals surface area contributed by atoms with Crippen LogP contribution in [-0.2, 0) is 32.6 Å². The van der Waals surface area contributed by atoms with Gasteiger partial charge in [-0.05, 0) is 20.8 Å². The van der Waals surface area contributed by atoms with Crippen LogP contribution in [0.15, 0.2) is 22.2 Å². The summed E-state index contributed by atoms with van der Waals surface area (Å²) in [7, 11) is -4.96. The Kier molecular flexibility index (Phi) is 9.56. The second-order valence-corrected chi connectivity index (χ2v) is 11.3. The van der Waals surface area contributed by atoms with E-state index in [4.69, 9.17) is 33.7 Å². The number of phosphoric ester groups is 1. The summed E-state index contributed by atoms with van der Waals surface area (Å²) in [5.74, 6) is 0.0517. The molecule has 0 amide bonds. The molecule has 2 saturated heterocycles. The molecule has 0 spiro atoms. The molecule has 6 N–H and O–H groups in total. The molecule has 2 fully saturated rings. The Bertz CT molecular complexity index is 1630. The predicted octanol–water partition coefficient (Wildman–Crippen LogP) is -1.88. The minimum absolute atomic E-state index is 0.0454. The van der Waals surface area contributed by atoms with Crippen molar-refractivity contribution < 1.29 is 47.7 Å². The standard InChI is InChI=1S/C23H33N8O12P/c1-4-38-16-14(33)12(42-20(16)30-8-25-13-18(30)27-10(3)28-19(13)34)7-40-44(36,37)43-15-11(6-32)41-21(17(15)39-5-2)31-9-26-22(24)29-23(31)35/h8-9,11-12,14-17,20-21,32-33H,4-7H2,1-3H3,(H,36,37)(H2,24,29,35)(H,27,28,34)/t11-,12-,14?,15?,16+,17+,20-,21-/m1/s1. The lowest BCUT2D eigenvalue weighted by atomic mass is 10.1. The van der Waals surface area contributed by atoms with E-state index in [1.165, 1.54) is 10.9 Å². The van der Waals surface area contributed by atoms with Crippen LogP contribution in [-0.4, -0.2) is 112 Å². The topological polar surface area (TPSA) is 271 Å². The van der Waals surface area contributed by atoms with E-state index >= 15 is 0 Å². The highest BCUT2D eigenvalue weighted by Crippen LogP contribution is 2.49. The molecule has 3 unspecified atom stereocenters. The van der Waals surface area contributed by atoms with Crippen LogP contribution in [0.1, 0.15) is 32.1 Å². The summed E-state index contributed by atoms with van der Waals surface area (Å²) in [5.41, 5.74) is 4.39. The minimum atomic E-state index is -4.96. The molecule has 242 valence electrons. The fourth-order valence-electron chi connectivity index (χ4n) is 5.13. The summed E-state index contributed by atoms with van der Waals surface area (Å²) in [4.78, 5) is 53.7. The van der Waals surface area contributed by atoms with Crippen LogP contribution in [0.4, 0.5) is 5.95 Å². The third-order valence-corrected chi connectivity index (χ3v) is 7.98. The number of phosphoric acid groups is 1. The molecule has 0 aromatic carbocycles. The number of hydrogen-bond donors (Lipinski definition) is 5. The number of rotatable bonds is 12. The molecule has 0 aliphatic carbocycles. The van der Waals surface area contributed by atoms with Gasteiger partial charge in [0.2, 0.25) is 5.95 Å². The van der Waals surface area contributed by atoms with E-state index < -0.39 is 81.4 Å². The third kappa shape index (κ3) is 6.31. The van der Waals surface area contributed by atoms with Crippen molar-refractivity contribution in [3.63, 3.8) is 0 Å².